The predicted octanol–water partition coefficient (Wildman–Crippen LogP) is -0.321. The van der Waals surface area contributed by atoms with Gasteiger partial charge >= 0.3 is 0 Å². The van der Waals surface area contributed by atoms with Crippen molar-refractivity contribution in [3.8, 4) is 0 Å². The van der Waals surface area contributed by atoms with E-state index in [-0.39, 0.29) is 11.8 Å². The fourth-order valence-electron chi connectivity index (χ4n) is 0.629. The van der Waals surface area contributed by atoms with Gasteiger partial charge in [-0.05, 0) is 0 Å². The zero-order valence-corrected chi connectivity index (χ0v) is 7.73. The Hall–Kier alpha value is -0.420. The highest BCUT2D eigenvalue weighted by molar-refractivity contribution is 7.84. The Morgan fingerprint density at radius 1 is 1.73 bits per heavy atom. The Morgan fingerprint density at radius 3 is 2.64 bits per heavy atom. The minimum Gasteiger partial charge on any atom is -0.277 e. The van der Waals surface area contributed by atoms with Gasteiger partial charge in [0.1, 0.15) is 0 Å². The minimum atomic E-state index is -0.936. The minimum absolute atomic E-state index is 0.234. The van der Waals surface area contributed by atoms with Gasteiger partial charge in [0.25, 0.3) is 0 Å². The predicted molar refractivity (Wildman–Crippen MR) is 43.2 cm³/mol. The number of hydroxylamine groups is 1. The third kappa shape index (κ3) is 4.92. The average molecular weight is 179 g/mol. The van der Waals surface area contributed by atoms with Crippen LogP contribution >= 0.6 is 0 Å². The van der Waals surface area contributed by atoms with E-state index in [4.69, 9.17) is 0 Å². The van der Waals surface area contributed by atoms with Gasteiger partial charge in [-0.1, -0.05) is 6.92 Å². The second kappa shape index (κ2) is 5.26. The molecule has 0 spiro atoms. The molecule has 0 aliphatic heterocycles. The SMILES string of the molecule is CONC(=O)C(C)CS(C)=O. The van der Waals surface area contributed by atoms with E-state index in [2.05, 4.69) is 10.3 Å². The Labute approximate surface area is 68.7 Å². The normalized spacial score (nSPS) is 15.5. The van der Waals surface area contributed by atoms with Crippen molar-refractivity contribution in [2.45, 2.75) is 6.92 Å². The maximum atomic E-state index is 10.9. The molecule has 0 aromatic rings. The molecule has 0 rings (SSSR count). The Bertz CT molecular complexity index is 160. The number of amides is 1. The van der Waals surface area contributed by atoms with Gasteiger partial charge in [0.15, 0.2) is 0 Å². The Morgan fingerprint density at radius 2 is 2.27 bits per heavy atom. The van der Waals surface area contributed by atoms with Gasteiger partial charge in [-0.3, -0.25) is 13.8 Å². The van der Waals surface area contributed by atoms with Crippen molar-refractivity contribution >= 4 is 16.7 Å². The van der Waals surface area contributed by atoms with Crippen LogP contribution in [0.2, 0.25) is 0 Å². The zero-order chi connectivity index (χ0) is 8.85. The molecule has 4 nitrogen and oxygen atoms in total. The van der Waals surface area contributed by atoms with Crippen LogP contribution in [-0.4, -0.2) is 29.2 Å². The second-order valence-corrected chi connectivity index (χ2v) is 3.79. The highest BCUT2D eigenvalue weighted by Gasteiger charge is 2.13. The monoisotopic (exact) mass is 179 g/mol. The molecule has 0 bridgehead atoms. The molecule has 0 radical (unpaired) electrons. The fourth-order valence-corrected chi connectivity index (χ4v) is 1.48. The number of hydrogen-bond acceptors (Lipinski definition) is 3. The summed E-state index contributed by atoms with van der Waals surface area (Å²) >= 11 is 0. The van der Waals surface area contributed by atoms with Gasteiger partial charge in [0.2, 0.25) is 5.91 Å². The number of carbonyl (C=O) groups excluding carboxylic acids is 1. The van der Waals surface area contributed by atoms with Gasteiger partial charge in [0.05, 0.1) is 7.11 Å². The molecule has 2 unspecified atom stereocenters. The van der Waals surface area contributed by atoms with Crippen molar-refractivity contribution in [2.75, 3.05) is 19.1 Å². The van der Waals surface area contributed by atoms with Gasteiger partial charge in [-0.25, -0.2) is 5.48 Å². The van der Waals surface area contributed by atoms with E-state index >= 15 is 0 Å². The lowest BCUT2D eigenvalue weighted by Crippen LogP contribution is -2.30. The number of hydrogen-bond donors (Lipinski definition) is 1. The first-order chi connectivity index (χ1) is 5.07. The highest BCUT2D eigenvalue weighted by Crippen LogP contribution is 1.96. The molecule has 0 saturated heterocycles. The van der Waals surface area contributed by atoms with Crippen LogP contribution in [0.3, 0.4) is 0 Å². The molecule has 0 aliphatic carbocycles. The van der Waals surface area contributed by atoms with Crippen molar-refractivity contribution in [2.24, 2.45) is 5.92 Å². The summed E-state index contributed by atoms with van der Waals surface area (Å²) in [7, 11) is 0.432. The van der Waals surface area contributed by atoms with Crippen LogP contribution in [-0.2, 0) is 20.4 Å². The number of carbonyl (C=O) groups is 1. The highest BCUT2D eigenvalue weighted by atomic mass is 32.2. The quantitative estimate of drug-likeness (QED) is 0.602. The smallest absolute Gasteiger partial charge is 0.247 e. The molecule has 1 amide bonds. The lowest BCUT2D eigenvalue weighted by molar-refractivity contribution is -0.134. The van der Waals surface area contributed by atoms with Crippen molar-refractivity contribution in [3.63, 3.8) is 0 Å². The summed E-state index contributed by atoms with van der Waals surface area (Å²) in [5, 5.41) is 0. The van der Waals surface area contributed by atoms with Crippen LogP contribution in [0.5, 0.6) is 0 Å². The fraction of sp³-hybridized carbons (Fsp3) is 0.833. The lowest BCUT2D eigenvalue weighted by Gasteiger charge is -2.07. The van der Waals surface area contributed by atoms with Crippen LogP contribution in [0.25, 0.3) is 0 Å². The van der Waals surface area contributed by atoms with Crippen LogP contribution in [0.15, 0.2) is 0 Å². The Balaban J connectivity index is 3.73. The molecule has 0 fully saturated rings. The van der Waals surface area contributed by atoms with Gasteiger partial charge in [0, 0.05) is 28.7 Å². The maximum absolute atomic E-state index is 10.9. The third-order valence-electron chi connectivity index (χ3n) is 1.13. The van der Waals surface area contributed by atoms with E-state index in [0.717, 1.165) is 0 Å². The summed E-state index contributed by atoms with van der Waals surface area (Å²) in [5.74, 6) is -0.127. The average Bonchev–Trinajstić information content (AvgIpc) is 1.86. The standard InChI is InChI=1S/C6H13NO3S/c1-5(4-11(3)9)6(8)7-10-2/h5H,4H2,1-3H3,(H,7,8). The topological polar surface area (TPSA) is 55.4 Å². The van der Waals surface area contributed by atoms with E-state index in [0.29, 0.717) is 5.75 Å². The lowest BCUT2D eigenvalue weighted by atomic mass is 10.2. The summed E-state index contributed by atoms with van der Waals surface area (Å²) < 4.78 is 10.7. The summed E-state index contributed by atoms with van der Waals surface area (Å²) in [4.78, 5) is 15.3. The first-order valence-corrected chi connectivity index (χ1v) is 4.93. The molecule has 5 heteroatoms. The van der Waals surface area contributed by atoms with Crippen LogP contribution in [0.1, 0.15) is 6.92 Å². The summed E-state index contributed by atoms with van der Waals surface area (Å²) in [6.45, 7) is 1.70. The summed E-state index contributed by atoms with van der Waals surface area (Å²) in [5.41, 5.74) is 2.18. The molecule has 11 heavy (non-hydrogen) atoms. The van der Waals surface area contributed by atoms with E-state index in [9.17, 15) is 9.00 Å². The van der Waals surface area contributed by atoms with E-state index in [1.165, 1.54) is 7.11 Å². The molecule has 0 saturated carbocycles. The maximum Gasteiger partial charge on any atom is 0.247 e. The molecule has 2 atom stereocenters. The summed E-state index contributed by atoms with van der Waals surface area (Å²) in [6.07, 6.45) is 1.57. The van der Waals surface area contributed by atoms with Crippen molar-refractivity contribution in [1.82, 2.24) is 5.48 Å². The molecule has 66 valence electrons. The third-order valence-corrected chi connectivity index (χ3v) is 2.10. The molecule has 1 N–H and O–H groups in total. The number of nitrogens with one attached hydrogen (secondary N) is 1. The van der Waals surface area contributed by atoms with Gasteiger partial charge < -0.3 is 0 Å². The molecule has 0 aromatic carbocycles. The first-order valence-electron chi connectivity index (χ1n) is 3.20. The van der Waals surface area contributed by atoms with Crippen LogP contribution in [0.4, 0.5) is 0 Å². The summed E-state index contributed by atoms with van der Waals surface area (Å²) in [6, 6.07) is 0. The molecule has 0 heterocycles. The van der Waals surface area contributed by atoms with E-state index in [1.807, 2.05) is 0 Å². The first kappa shape index (κ1) is 10.6. The van der Waals surface area contributed by atoms with Crippen LogP contribution < -0.4 is 5.48 Å². The van der Waals surface area contributed by atoms with Gasteiger partial charge in [-0.15, -0.1) is 0 Å². The van der Waals surface area contributed by atoms with Crippen molar-refractivity contribution < 1.29 is 13.8 Å². The Kier molecular flexibility index (Phi) is 5.06. The number of rotatable bonds is 4. The largest absolute Gasteiger partial charge is 0.277 e. The molecular weight excluding hydrogens is 166 g/mol. The molecule has 0 aromatic heterocycles. The van der Waals surface area contributed by atoms with E-state index in [1.54, 1.807) is 13.2 Å². The van der Waals surface area contributed by atoms with Crippen molar-refractivity contribution in [3.05, 3.63) is 0 Å². The molecule has 0 aliphatic rings. The molecular formula is C6H13NO3S. The zero-order valence-electron chi connectivity index (χ0n) is 6.92. The second-order valence-electron chi connectivity index (χ2n) is 2.31. The van der Waals surface area contributed by atoms with E-state index < -0.39 is 10.8 Å². The van der Waals surface area contributed by atoms with Crippen molar-refractivity contribution in [1.29, 1.82) is 0 Å². The van der Waals surface area contributed by atoms with Gasteiger partial charge in [-0.2, -0.15) is 0 Å². The van der Waals surface area contributed by atoms with Crippen LogP contribution in [0, 0.1) is 5.92 Å².